The Morgan fingerprint density at radius 2 is 2.33 bits per heavy atom. The van der Waals surface area contributed by atoms with Crippen molar-refractivity contribution in [3.63, 3.8) is 0 Å². The van der Waals surface area contributed by atoms with Crippen LogP contribution in [-0.2, 0) is 11.2 Å². The summed E-state index contributed by atoms with van der Waals surface area (Å²) in [6.45, 7) is 3.39. The largest absolute Gasteiger partial charge is 0.481 e. The van der Waals surface area contributed by atoms with Crippen molar-refractivity contribution in [1.82, 2.24) is 9.97 Å². The van der Waals surface area contributed by atoms with Crippen molar-refractivity contribution in [2.45, 2.75) is 20.3 Å². The predicted molar refractivity (Wildman–Crippen MR) is 74.7 cm³/mol. The fraction of sp³-hybridized carbons (Fsp3) is 0.333. The monoisotopic (exact) mass is 328 g/mol. The Morgan fingerprint density at radius 1 is 1.61 bits per heavy atom. The van der Waals surface area contributed by atoms with Gasteiger partial charge in [-0.3, -0.25) is 4.79 Å². The summed E-state index contributed by atoms with van der Waals surface area (Å²) in [6, 6.07) is 2.00. The van der Waals surface area contributed by atoms with Crippen LogP contribution in [0.4, 0.5) is 0 Å². The SMILES string of the molecule is CC(C)(Cc1ncc(-c2cc(Br)cs2)[nH]1)C(=O)O. The molecular weight excluding hydrogens is 316 g/mol. The van der Waals surface area contributed by atoms with Gasteiger partial charge in [-0.1, -0.05) is 0 Å². The van der Waals surface area contributed by atoms with Crippen LogP contribution in [0.5, 0.6) is 0 Å². The van der Waals surface area contributed by atoms with Crippen LogP contribution in [0, 0.1) is 5.41 Å². The summed E-state index contributed by atoms with van der Waals surface area (Å²) < 4.78 is 1.03. The van der Waals surface area contributed by atoms with E-state index < -0.39 is 11.4 Å². The van der Waals surface area contributed by atoms with Gasteiger partial charge in [0.25, 0.3) is 0 Å². The molecule has 0 bridgehead atoms. The van der Waals surface area contributed by atoms with Gasteiger partial charge in [0.15, 0.2) is 0 Å². The van der Waals surface area contributed by atoms with E-state index in [1.807, 2.05) is 11.4 Å². The van der Waals surface area contributed by atoms with E-state index in [1.54, 1.807) is 31.4 Å². The van der Waals surface area contributed by atoms with Gasteiger partial charge in [0.2, 0.25) is 0 Å². The summed E-state index contributed by atoms with van der Waals surface area (Å²) in [6.07, 6.45) is 2.13. The van der Waals surface area contributed by atoms with Crippen molar-refractivity contribution in [2.24, 2.45) is 5.41 Å². The first-order valence-electron chi connectivity index (χ1n) is 5.40. The van der Waals surface area contributed by atoms with Crippen LogP contribution in [0.15, 0.2) is 22.1 Å². The Bertz CT molecular complexity index is 574. The number of thiophene rings is 1. The molecule has 0 amide bonds. The molecule has 0 aromatic carbocycles. The molecule has 0 aliphatic rings. The number of nitrogens with zero attached hydrogens (tertiary/aromatic N) is 1. The molecule has 96 valence electrons. The van der Waals surface area contributed by atoms with E-state index in [4.69, 9.17) is 5.11 Å². The molecule has 2 aromatic rings. The highest BCUT2D eigenvalue weighted by Crippen LogP contribution is 2.29. The van der Waals surface area contributed by atoms with Crippen LogP contribution in [0.2, 0.25) is 0 Å². The molecule has 0 saturated carbocycles. The minimum Gasteiger partial charge on any atom is -0.481 e. The zero-order chi connectivity index (χ0) is 13.3. The molecule has 0 spiro atoms. The van der Waals surface area contributed by atoms with Crippen LogP contribution in [0.25, 0.3) is 10.6 Å². The highest BCUT2D eigenvalue weighted by molar-refractivity contribution is 9.10. The molecular formula is C12H13BrN2O2S. The molecule has 0 saturated heterocycles. The summed E-state index contributed by atoms with van der Waals surface area (Å²) in [5.74, 6) is -0.124. The average molecular weight is 329 g/mol. The maximum absolute atomic E-state index is 11.1. The normalized spacial score (nSPS) is 11.7. The maximum atomic E-state index is 11.1. The number of aromatic amines is 1. The van der Waals surface area contributed by atoms with E-state index in [1.165, 1.54) is 0 Å². The van der Waals surface area contributed by atoms with Crippen molar-refractivity contribution >= 4 is 33.2 Å². The van der Waals surface area contributed by atoms with E-state index in [0.29, 0.717) is 12.2 Å². The van der Waals surface area contributed by atoms with Crippen molar-refractivity contribution in [1.29, 1.82) is 0 Å². The molecule has 2 heterocycles. The lowest BCUT2D eigenvalue weighted by atomic mass is 9.89. The van der Waals surface area contributed by atoms with Crippen LogP contribution < -0.4 is 0 Å². The first-order chi connectivity index (χ1) is 8.38. The number of halogens is 1. The van der Waals surface area contributed by atoms with Crippen molar-refractivity contribution in [2.75, 3.05) is 0 Å². The van der Waals surface area contributed by atoms with Crippen LogP contribution in [0.1, 0.15) is 19.7 Å². The number of carboxylic acids is 1. The quantitative estimate of drug-likeness (QED) is 0.901. The Balaban J connectivity index is 2.19. The minimum absolute atomic E-state index is 0.384. The number of imidazole rings is 1. The second-order valence-electron chi connectivity index (χ2n) is 4.74. The van der Waals surface area contributed by atoms with Gasteiger partial charge in [-0.2, -0.15) is 0 Å². The van der Waals surface area contributed by atoms with Gasteiger partial charge in [0, 0.05) is 16.3 Å². The fourth-order valence-electron chi connectivity index (χ4n) is 1.53. The highest BCUT2D eigenvalue weighted by atomic mass is 79.9. The molecule has 18 heavy (non-hydrogen) atoms. The molecule has 0 aliphatic heterocycles. The molecule has 2 aromatic heterocycles. The number of aliphatic carboxylic acids is 1. The highest BCUT2D eigenvalue weighted by Gasteiger charge is 2.28. The minimum atomic E-state index is -0.820. The van der Waals surface area contributed by atoms with Crippen molar-refractivity contribution in [3.05, 3.63) is 27.9 Å². The summed E-state index contributed by atoms with van der Waals surface area (Å²) in [5, 5.41) is 11.1. The topological polar surface area (TPSA) is 66.0 Å². The van der Waals surface area contributed by atoms with Gasteiger partial charge < -0.3 is 10.1 Å². The molecule has 2 N–H and O–H groups in total. The van der Waals surface area contributed by atoms with Crippen LogP contribution in [-0.4, -0.2) is 21.0 Å². The number of nitrogens with one attached hydrogen (secondary N) is 1. The summed E-state index contributed by atoms with van der Waals surface area (Å²) in [5.41, 5.74) is 0.104. The number of carboxylic acid groups (broad SMARTS) is 1. The smallest absolute Gasteiger partial charge is 0.309 e. The first kappa shape index (κ1) is 13.3. The zero-order valence-electron chi connectivity index (χ0n) is 10.0. The van der Waals surface area contributed by atoms with Gasteiger partial charge in [-0.05, 0) is 35.8 Å². The fourth-order valence-corrected chi connectivity index (χ4v) is 2.92. The number of rotatable bonds is 4. The van der Waals surface area contributed by atoms with E-state index in [0.717, 1.165) is 15.0 Å². The van der Waals surface area contributed by atoms with E-state index in [2.05, 4.69) is 25.9 Å². The molecule has 6 heteroatoms. The van der Waals surface area contributed by atoms with Crippen molar-refractivity contribution < 1.29 is 9.90 Å². The third kappa shape index (κ3) is 2.81. The van der Waals surface area contributed by atoms with Crippen LogP contribution >= 0.6 is 27.3 Å². The van der Waals surface area contributed by atoms with E-state index >= 15 is 0 Å². The lowest BCUT2D eigenvalue weighted by Crippen LogP contribution is -2.26. The molecule has 0 unspecified atom stereocenters. The second kappa shape index (κ2) is 4.85. The Kier molecular flexibility index (Phi) is 3.59. The van der Waals surface area contributed by atoms with Gasteiger partial charge in [-0.15, -0.1) is 11.3 Å². The molecule has 4 nitrogen and oxygen atoms in total. The first-order valence-corrected chi connectivity index (χ1v) is 7.07. The van der Waals surface area contributed by atoms with Gasteiger partial charge in [-0.25, -0.2) is 4.98 Å². The standard InChI is InChI=1S/C12H13BrN2O2S/c1-12(2,11(16)17)4-10-14-5-8(15-10)9-3-7(13)6-18-9/h3,5-6H,4H2,1-2H3,(H,14,15)(H,16,17). The zero-order valence-corrected chi connectivity index (χ0v) is 12.4. The number of aromatic nitrogens is 2. The molecule has 0 aliphatic carbocycles. The predicted octanol–water partition coefficient (Wildman–Crippen LogP) is 3.55. The van der Waals surface area contributed by atoms with Gasteiger partial charge in [0.05, 0.1) is 22.2 Å². The Morgan fingerprint density at radius 3 is 2.89 bits per heavy atom. The number of hydrogen-bond donors (Lipinski definition) is 2. The third-order valence-electron chi connectivity index (χ3n) is 2.65. The Labute approximate surface area is 117 Å². The third-order valence-corrected chi connectivity index (χ3v) is 4.37. The number of hydrogen-bond acceptors (Lipinski definition) is 3. The van der Waals surface area contributed by atoms with Gasteiger partial charge in [0.1, 0.15) is 5.82 Å². The molecule has 0 fully saturated rings. The average Bonchev–Trinajstić information content (AvgIpc) is 2.86. The molecule has 0 radical (unpaired) electrons. The summed E-state index contributed by atoms with van der Waals surface area (Å²) in [7, 11) is 0. The van der Waals surface area contributed by atoms with E-state index in [-0.39, 0.29) is 0 Å². The van der Waals surface area contributed by atoms with Gasteiger partial charge >= 0.3 is 5.97 Å². The lowest BCUT2D eigenvalue weighted by molar-refractivity contribution is -0.146. The lowest BCUT2D eigenvalue weighted by Gasteiger charge is -2.16. The summed E-state index contributed by atoms with van der Waals surface area (Å²) >= 11 is 5.01. The van der Waals surface area contributed by atoms with Crippen molar-refractivity contribution in [3.8, 4) is 10.6 Å². The number of H-pyrrole nitrogens is 1. The van der Waals surface area contributed by atoms with Crippen LogP contribution in [0.3, 0.4) is 0 Å². The second-order valence-corrected chi connectivity index (χ2v) is 6.57. The molecule has 2 rings (SSSR count). The Hall–Kier alpha value is -1.14. The number of carbonyl (C=O) groups is 1. The summed E-state index contributed by atoms with van der Waals surface area (Å²) in [4.78, 5) is 19.5. The maximum Gasteiger partial charge on any atom is 0.309 e. The van der Waals surface area contributed by atoms with E-state index in [9.17, 15) is 4.79 Å². The molecule has 0 atom stereocenters.